The monoisotopic (exact) mass is 366 g/mol. The maximum absolute atomic E-state index is 4.48. The summed E-state index contributed by atoms with van der Waals surface area (Å²) in [6.07, 6.45) is 10.8. The van der Waals surface area contributed by atoms with E-state index in [1.807, 2.05) is 34.7 Å². The van der Waals surface area contributed by atoms with Crippen LogP contribution in [0.1, 0.15) is 36.9 Å². The molecule has 0 aromatic carbocycles. The van der Waals surface area contributed by atoms with Crippen LogP contribution in [0.5, 0.6) is 0 Å². The Morgan fingerprint density at radius 3 is 2.89 bits per heavy atom. The predicted octanol–water partition coefficient (Wildman–Crippen LogP) is 2.97. The fraction of sp³-hybridized carbons (Fsp3) is 0.524. The molecule has 6 nitrogen and oxygen atoms in total. The molecule has 2 atom stereocenters. The van der Waals surface area contributed by atoms with Crippen LogP contribution >= 0.6 is 0 Å². The van der Waals surface area contributed by atoms with Gasteiger partial charge in [0.05, 0.1) is 17.9 Å². The highest BCUT2D eigenvalue weighted by Gasteiger charge is 2.33. The fourth-order valence-corrected chi connectivity index (χ4v) is 4.64. The van der Waals surface area contributed by atoms with Crippen molar-refractivity contribution in [1.82, 2.24) is 29.2 Å². The number of hydrogen-bond acceptors (Lipinski definition) is 4. The van der Waals surface area contributed by atoms with Crippen molar-refractivity contribution in [3.63, 3.8) is 0 Å². The number of likely N-dealkylation sites (tertiary alicyclic amines) is 1. The van der Waals surface area contributed by atoms with Crippen LogP contribution in [0.3, 0.4) is 0 Å². The zero-order valence-corrected chi connectivity index (χ0v) is 16.6. The van der Waals surface area contributed by atoms with Gasteiger partial charge in [0.25, 0.3) is 0 Å². The Morgan fingerprint density at radius 1 is 1.22 bits per heavy atom. The fourth-order valence-electron chi connectivity index (χ4n) is 4.64. The Kier molecular flexibility index (Phi) is 5.27. The Morgan fingerprint density at radius 2 is 2.11 bits per heavy atom. The molecular weight excluding hydrogens is 336 g/mol. The number of rotatable bonds is 6. The summed E-state index contributed by atoms with van der Waals surface area (Å²) in [6.45, 7) is 6.56. The maximum Gasteiger partial charge on any atom is 0.0706 e. The van der Waals surface area contributed by atoms with Crippen molar-refractivity contribution in [3.05, 3.63) is 54.1 Å². The van der Waals surface area contributed by atoms with Crippen molar-refractivity contribution < 1.29 is 0 Å². The van der Waals surface area contributed by atoms with Crippen LogP contribution in [0, 0.1) is 5.92 Å². The van der Waals surface area contributed by atoms with E-state index in [1.165, 1.54) is 36.0 Å². The number of aryl methyl sites for hydroxylation is 1. The molecule has 3 aromatic heterocycles. The van der Waals surface area contributed by atoms with E-state index in [0.29, 0.717) is 12.0 Å². The van der Waals surface area contributed by atoms with E-state index < -0.39 is 0 Å². The van der Waals surface area contributed by atoms with Crippen molar-refractivity contribution >= 4 is 5.52 Å². The number of hydrogen-bond donors (Lipinski definition) is 0. The second-order valence-corrected chi connectivity index (χ2v) is 7.82. The minimum Gasteiger partial charge on any atom is -0.302 e. The van der Waals surface area contributed by atoms with E-state index in [-0.39, 0.29) is 0 Å². The van der Waals surface area contributed by atoms with E-state index in [1.54, 1.807) is 0 Å². The van der Waals surface area contributed by atoms with E-state index in [2.05, 4.69) is 58.5 Å². The summed E-state index contributed by atoms with van der Waals surface area (Å²) in [5.74, 6) is 0.620. The lowest BCUT2D eigenvalue weighted by molar-refractivity contribution is 0.0750. The smallest absolute Gasteiger partial charge is 0.0706 e. The number of pyridine rings is 1. The molecule has 0 saturated carbocycles. The van der Waals surface area contributed by atoms with Crippen molar-refractivity contribution in [3.8, 4) is 0 Å². The average Bonchev–Trinajstić information content (AvgIpc) is 3.28. The molecule has 27 heavy (non-hydrogen) atoms. The molecule has 0 amide bonds. The van der Waals surface area contributed by atoms with Gasteiger partial charge in [0.1, 0.15) is 0 Å². The number of piperidine rings is 1. The van der Waals surface area contributed by atoms with Gasteiger partial charge in [-0.1, -0.05) is 13.0 Å². The molecule has 0 spiro atoms. The topological polar surface area (TPSA) is 41.6 Å². The lowest BCUT2D eigenvalue weighted by Crippen LogP contribution is -2.42. The minimum atomic E-state index is 0.462. The predicted molar refractivity (Wildman–Crippen MR) is 107 cm³/mol. The summed E-state index contributed by atoms with van der Waals surface area (Å²) in [6, 6.07) is 6.71. The molecule has 1 fully saturated rings. The van der Waals surface area contributed by atoms with Crippen LogP contribution in [-0.4, -0.2) is 55.9 Å². The number of aromatic nitrogens is 4. The summed E-state index contributed by atoms with van der Waals surface area (Å²) >= 11 is 0. The second kappa shape index (κ2) is 7.82. The molecule has 4 heterocycles. The van der Waals surface area contributed by atoms with Gasteiger partial charge in [0.2, 0.25) is 0 Å². The SMILES string of the molecule is CCN1CCC[C@@H](CN(C)Cc2cnn3ccccc23)[C@@H]1c1cnn(C)c1. The maximum atomic E-state index is 4.48. The lowest BCUT2D eigenvalue weighted by Gasteiger charge is -2.42. The van der Waals surface area contributed by atoms with Crippen molar-refractivity contribution in [1.29, 1.82) is 0 Å². The molecule has 4 rings (SSSR count). The van der Waals surface area contributed by atoms with Gasteiger partial charge in [0, 0.05) is 49.7 Å². The van der Waals surface area contributed by atoms with Gasteiger partial charge >= 0.3 is 0 Å². The molecule has 0 unspecified atom stereocenters. The highest BCUT2D eigenvalue weighted by Crippen LogP contribution is 2.36. The van der Waals surface area contributed by atoms with Crippen molar-refractivity contribution in [2.75, 3.05) is 26.7 Å². The highest BCUT2D eigenvalue weighted by molar-refractivity contribution is 5.53. The summed E-state index contributed by atoms with van der Waals surface area (Å²) in [7, 11) is 4.24. The molecule has 0 N–H and O–H groups in total. The Labute approximate surface area is 161 Å². The Bertz CT molecular complexity index is 882. The summed E-state index contributed by atoms with van der Waals surface area (Å²) in [5.41, 5.74) is 3.85. The van der Waals surface area contributed by atoms with Gasteiger partial charge in [-0.3, -0.25) is 9.58 Å². The molecule has 1 aliphatic rings. The van der Waals surface area contributed by atoms with Gasteiger partial charge in [-0.05, 0) is 51.0 Å². The first kappa shape index (κ1) is 18.2. The van der Waals surface area contributed by atoms with Crippen LogP contribution in [-0.2, 0) is 13.6 Å². The first-order chi connectivity index (χ1) is 13.2. The molecule has 0 radical (unpaired) electrons. The van der Waals surface area contributed by atoms with E-state index in [0.717, 1.165) is 19.6 Å². The molecule has 0 bridgehead atoms. The average molecular weight is 367 g/mol. The lowest BCUT2D eigenvalue weighted by atomic mass is 9.85. The normalized spacial score (nSPS) is 21.3. The van der Waals surface area contributed by atoms with Crippen LogP contribution < -0.4 is 0 Å². The van der Waals surface area contributed by atoms with Crippen LogP contribution in [0.15, 0.2) is 43.0 Å². The molecule has 0 aliphatic carbocycles. The molecular formula is C21H30N6. The Hall–Kier alpha value is -2.18. The van der Waals surface area contributed by atoms with E-state index in [4.69, 9.17) is 0 Å². The molecule has 1 saturated heterocycles. The highest BCUT2D eigenvalue weighted by atomic mass is 15.3. The van der Waals surface area contributed by atoms with Crippen LogP contribution in [0.2, 0.25) is 0 Å². The van der Waals surface area contributed by atoms with E-state index >= 15 is 0 Å². The quantitative estimate of drug-likeness (QED) is 0.673. The standard InChI is InChI=1S/C21H30N6/c1-4-26-10-7-8-17(21(26)19-13-22-25(3)16-19)14-24(2)15-18-12-23-27-11-6-5-9-20(18)27/h5-6,9,11-13,16-17,21H,4,7-8,10,14-15H2,1-3H3/t17-,21+/m0/s1. The molecule has 144 valence electrons. The van der Waals surface area contributed by atoms with Crippen LogP contribution in [0.4, 0.5) is 0 Å². The zero-order valence-electron chi connectivity index (χ0n) is 16.6. The first-order valence-corrected chi connectivity index (χ1v) is 9.98. The first-order valence-electron chi connectivity index (χ1n) is 9.98. The van der Waals surface area contributed by atoms with Crippen molar-refractivity contribution in [2.24, 2.45) is 13.0 Å². The summed E-state index contributed by atoms with van der Waals surface area (Å²) < 4.78 is 3.89. The molecule has 1 aliphatic heterocycles. The third kappa shape index (κ3) is 3.77. The number of fused-ring (bicyclic) bond motifs is 1. The van der Waals surface area contributed by atoms with Crippen LogP contribution in [0.25, 0.3) is 5.52 Å². The van der Waals surface area contributed by atoms with Gasteiger partial charge in [-0.2, -0.15) is 10.2 Å². The van der Waals surface area contributed by atoms with Crippen molar-refractivity contribution in [2.45, 2.75) is 32.4 Å². The second-order valence-electron chi connectivity index (χ2n) is 7.82. The summed E-state index contributed by atoms with van der Waals surface area (Å²) in [5, 5.41) is 8.91. The summed E-state index contributed by atoms with van der Waals surface area (Å²) in [4.78, 5) is 5.07. The molecule has 6 heteroatoms. The molecule has 3 aromatic rings. The minimum absolute atomic E-state index is 0.462. The number of nitrogens with zero attached hydrogens (tertiary/aromatic N) is 6. The van der Waals surface area contributed by atoms with E-state index in [9.17, 15) is 0 Å². The Balaban J connectivity index is 1.50. The van der Waals surface area contributed by atoms with Gasteiger partial charge in [-0.25, -0.2) is 4.52 Å². The van der Waals surface area contributed by atoms with Gasteiger partial charge in [0.15, 0.2) is 0 Å². The largest absolute Gasteiger partial charge is 0.302 e. The van der Waals surface area contributed by atoms with Gasteiger partial charge < -0.3 is 4.90 Å². The third-order valence-electron chi connectivity index (χ3n) is 5.83. The van der Waals surface area contributed by atoms with Gasteiger partial charge in [-0.15, -0.1) is 0 Å². The zero-order chi connectivity index (χ0) is 18.8. The third-order valence-corrected chi connectivity index (χ3v) is 5.83.